The van der Waals surface area contributed by atoms with E-state index in [0.717, 1.165) is 22.3 Å². The van der Waals surface area contributed by atoms with Gasteiger partial charge in [0.05, 0.1) is 92.8 Å². The van der Waals surface area contributed by atoms with Crippen molar-refractivity contribution in [1.82, 2.24) is 13.5 Å². The van der Waals surface area contributed by atoms with Crippen molar-refractivity contribution < 1.29 is 177 Å². The second-order valence-electron chi connectivity index (χ2n) is 30.0. The Morgan fingerprint density at radius 1 is 0.432 bits per heavy atom. The Hall–Kier alpha value is -4.02. The van der Waals surface area contributed by atoms with Gasteiger partial charge >= 0.3 is 104 Å². The summed E-state index contributed by atoms with van der Waals surface area (Å²) in [7, 11) is -30.1. The van der Waals surface area contributed by atoms with Crippen LogP contribution in [0.25, 0.3) is 21.5 Å². The number of nitrogens with zero attached hydrogens (tertiary/aromatic N) is 11. The third kappa shape index (κ3) is 23.9. The Morgan fingerprint density at radius 2 is 0.748 bits per heavy atom. The number of hydrogen-bond acceptors (Lipinski definition) is 24. The van der Waals surface area contributed by atoms with Gasteiger partial charge in [0, 0.05) is 86.1 Å². The fraction of sp³-hybridized carbons (Fsp3) is 0.500. The number of unbranched alkanes of at least 4 members (excludes halogenated alkanes) is 7. The number of hydrogen-bond donors (Lipinski definition) is 0. The first-order chi connectivity index (χ1) is 51.1. The van der Waals surface area contributed by atoms with Crippen LogP contribution in [-0.4, -0.2) is 216 Å². The van der Waals surface area contributed by atoms with Gasteiger partial charge in [-0.1, -0.05) is 97.1 Å². The Morgan fingerprint density at radius 3 is 1.10 bits per heavy atom. The molecule has 2 amide bonds. The standard InChI is InChI=1S/C72H97N11O18S4Si3.3Na/c1-6-7-40-82(42-19-23-48-102(87,88)89,43-20-24-49-103(90,91)92)46-27-52-106(2,3)100-108(101-107(4,5)53-28-47-83(44-21-25-50-104(93,94)95,45-22-26-51-105(96,97)98)41-18-8-9-37-64(86)99-79-62(84)38-39-63(79)85)80-69-58-33-14-15-34-59(58)71(80)77-67-56-31-12-13-32-57(56)68(74-67)78-72-61-36-17-16-35-60(61)70(81(72)108)76-66-55-30-11-10-29-54(55)65(73-66)75-69;;;/h10-17,29-36H,1,6-9,18-28,37-53H2,2-5H3,(H3-,87,88,89,90,91,92,93,94,95,96,97,98);;;/q;3*+1/p-3. The number of quaternary nitrogens is 2. The summed E-state index contributed by atoms with van der Waals surface area (Å²) < 4.78 is 167. The van der Waals surface area contributed by atoms with Crippen LogP contribution >= 0.6 is 0 Å². The topological polar surface area (TPSA) is 395 Å². The number of benzene rings is 4. The maximum atomic E-state index is 13.0. The van der Waals surface area contributed by atoms with Gasteiger partial charge in [0.1, 0.15) is 22.6 Å². The minimum absolute atomic E-state index is 0. The first-order valence-electron chi connectivity index (χ1n) is 37.0. The average Bonchev–Trinajstić information content (AvgIpc) is 1.54. The van der Waals surface area contributed by atoms with Crippen LogP contribution in [0.4, 0.5) is 11.6 Å². The molecule has 1 atom stereocenters. The predicted molar refractivity (Wildman–Crippen MR) is 412 cm³/mol. The molecular formula is C72H94N11Na3O18S4Si3. The molecule has 6 bridgehead atoms. The van der Waals surface area contributed by atoms with Crippen LogP contribution in [0.3, 0.4) is 0 Å². The molecule has 0 aliphatic carbocycles. The molecule has 2 aromatic heterocycles. The van der Waals surface area contributed by atoms with Crippen molar-refractivity contribution in [3.63, 3.8) is 0 Å². The van der Waals surface area contributed by atoms with Gasteiger partial charge in [-0.3, -0.25) is 18.1 Å². The fourth-order valence-corrected chi connectivity index (χ4v) is 30.3. The third-order valence-corrected chi connectivity index (χ3v) is 35.5. The van der Waals surface area contributed by atoms with Gasteiger partial charge in [-0.2, -0.15) is 6.42 Å². The molecule has 0 saturated carbocycles. The molecule has 5 aliphatic rings. The number of carbonyl (C=O) groups excluding carboxylic acids is 3. The van der Waals surface area contributed by atoms with E-state index in [1.807, 2.05) is 97.1 Å². The summed E-state index contributed by atoms with van der Waals surface area (Å²) in [5, 5.41) is 3.25. The maximum absolute atomic E-state index is 13.0. The Labute approximate surface area is 719 Å². The van der Waals surface area contributed by atoms with Gasteiger partial charge in [0.2, 0.25) is 0 Å². The number of imide groups is 1. The Balaban J connectivity index is 0.00000516. The molecule has 1 saturated heterocycles. The van der Waals surface area contributed by atoms with Gasteiger partial charge in [-0.25, -0.2) is 68.4 Å². The fourth-order valence-electron chi connectivity index (χ4n) is 15.5. The van der Waals surface area contributed by atoms with Crippen molar-refractivity contribution in [2.24, 2.45) is 30.0 Å². The second-order valence-corrected chi connectivity index (χ2v) is 47.8. The van der Waals surface area contributed by atoms with Crippen LogP contribution in [-0.2, 0) is 67.9 Å². The van der Waals surface area contributed by atoms with Crippen molar-refractivity contribution in [1.29, 1.82) is 0 Å². The van der Waals surface area contributed by atoms with E-state index in [0.29, 0.717) is 217 Å². The number of hydroxylamine groups is 2. The zero-order valence-electron chi connectivity index (χ0n) is 64.5. The molecule has 111 heavy (non-hydrogen) atoms. The van der Waals surface area contributed by atoms with Gasteiger partial charge in [0.25, 0.3) is 11.8 Å². The Kier molecular flexibility index (Phi) is 32.5. The van der Waals surface area contributed by atoms with Crippen molar-refractivity contribution in [3.05, 3.63) is 137 Å². The third-order valence-electron chi connectivity index (χ3n) is 20.7. The number of aliphatic imine (C=N–C) groups is 4. The van der Waals surface area contributed by atoms with Crippen LogP contribution in [0.5, 0.6) is 0 Å². The van der Waals surface area contributed by atoms with Gasteiger partial charge in [-0.15, -0.1) is 5.06 Å². The Bertz CT molecular complexity index is 4920. The van der Waals surface area contributed by atoms with Crippen LogP contribution in [0.15, 0.2) is 127 Å². The van der Waals surface area contributed by atoms with E-state index in [1.165, 1.54) is 0 Å². The molecular weight excluding hydrogens is 1590 g/mol. The zero-order valence-corrected chi connectivity index (χ0v) is 76.7. The van der Waals surface area contributed by atoms with E-state index in [-0.39, 0.29) is 134 Å². The molecule has 1 fully saturated rings. The van der Waals surface area contributed by atoms with E-state index in [4.69, 9.17) is 43.0 Å². The largest absolute Gasteiger partial charge is 1.00 e. The molecule has 6 aromatic rings. The van der Waals surface area contributed by atoms with Crippen LogP contribution < -0.4 is 99.6 Å². The molecule has 4 aromatic carbocycles. The average molecular weight is 1680 g/mol. The summed E-state index contributed by atoms with van der Waals surface area (Å²) in [5.74, 6) is -1.94. The minimum Gasteiger partial charge on any atom is -0.748 e. The zero-order chi connectivity index (χ0) is 77.5. The molecule has 584 valence electrons. The summed E-state index contributed by atoms with van der Waals surface area (Å²) in [6, 6.07) is 32.1. The van der Waals surface area contributed by atoms with Gasteiger partial charge in [0.15, 0.2) is 40.0 Å². The number of aromatic nitrogens is 2. The number of fused-ring (bicyclic) bond motifs is 14. The maximum Gasteiger partial charge on any atom is 1.00 e. The molecule has 0 radical (unpaired) electrons. The number of amides is 2. The molecule has 0 N–H and O–H groups in total. The number of amidine groups is 4. The van der Waals surface area contributed by atoms with Crippen molar-refractivity contribution >= 4 is 140 Å². The minimum atomic E-state index is -4.93. The van der Waals surface area contributed by atoms with Crippen molar-refractivity contribution in [2.45, 2.75) is 154 Å². The molecule has 7 heterocycles. The molecule has 1 unspecified atom stereocenters. The monoisotopic (exact) mass is 1680 g/mol. The first-order valence-corrected chi connectivity index (χ1v) is 51.3. The SMILES string of the molecule is [CH2-]CCC[N+](CCCCS(=O)(=O)[O-])(CCCCS(=O)(=O)[O-])CCC[Si](C)(C)O[Si]1(O[Si](C)(C)CCC[N+](CCCCCC(=O)ON2C(=O)CCC2=O)(CCCCS(=O)(=O)[O-])CCCCS(=O)(=O)[O-])n2c3c4ccccc4c2N=C2N=C(N=c4c5ccccc5c(n41)=NC1=NC(=N3)c3ccccc31)c1ccccc12.[Na+].[Na+].[Na+]. The number of carbonyl (C=O) groups is 3. The summed E-state index contributed by atoms with van der Waals surface area (Å²) in [5.41, 5.74) is 3.73. The molecule has 0 spiro atoms. The van der Waals surface area contributed by atoms with E-state index >= 15 is 0 Å². The molecule has 39 heteroatoms. The summed E-state index contributed by atoms with van der Waals surface area (Å²) >= 11 is 0. The second kappa shape index (κ2) is 39.0. The van der Waals surface area contributed by atoms with E-state index in [1.54, 1.807) is 0 Å². The summed E-state index contributed by atoms with van der Waals surface area (Å²) in [6.07, 6.45) is 4.96. The van der Waals surface area contributed by atoms with Crippen molar-refractivity contribution in [2.75, 3.05) is 75.4 Å². The normalized spacial score (nSPS) is 16.3. The molecule has 29 nitrogen and oxygen atoms in total. The quantitative estimate of drug-likeness (QED) is 0.0114. The summed E-state index contributed by atoms with van der Waals surface area (Å²) in [6.45, 7) is 16.3. The van der Waals surface area contributed by atoms with E-state index in [9.17, 15) is 66.3 Å². The van der Waals surface area contributed by atoms with E-state index in [2.05, 4.69) is 41.6 Å². The van der Waals surface area contributed by atoms with Crippen LogP contribution in [0.2, 0.25) is 38.3 Å². The predicted octanol–water partition coefficient (Wildman–Crippen LogP) is -0.676. The summed E-state index contributed by atoms with van der Waals surface area (Å²) in [4.78, 5) is 76.0. The number of rotatable bonds is 42. The van der Waals surface area contributed by atoms with Crippen molar-refractivity contribution in [3.8, 4) is 0 Å². The van der Waals surface area contributed by atoms with Crippen LogP contribution in [0, 0.1) is 6.92 Å². The van der Waals surface area contributed by atoms with Gasteiger partial charge in [-0.05, 0) is 128 Å². The van der Waals surface area contributed by atoms with Gasteiger partial charge < -0.3 is 47.2 Å². The first kappa shape index (κ1) is 92.5. The van der Waals surface area contributed by atoms with E-state index < -0.39 is 107 Å². The molecule has 11 rings (SSSR count). The van der Waals surface area contributed by atoms with Crippen LogP contribution in [0.1, 0.15) is 138 Å². The molecule has 5 aliphatic heterocycles. The smallest absolute Gasteiger partial charge is 0.748 e.